The molecule has 0 unspecified atom stereocenters. The topological polar surface area (TPSA) is 107 Å². The van der Waals surface area contributed by atoms with Crippen molar-refractivity contribution in [3.05, 3.63) is 107 Å². The van der Waals surface area contributed by atoms with Gasteiger partial charge in [0.2, 0.25) is 5.78 Å². The Morgan fingerprint density at radius 1 is 0.857 bits per heavy atom. The second-order valence-corrected chi connectivity index (χ2v) is 9.18. The number of rotatable bonds is 6. The van der Waals surface area contributed by atoms with E-state index in [4.69, 9.17) is 4.74 Å². The monoisotopic (exact) mass is 495 g/mol. The highest BCUT2D eigenvalue weighted by atomic mass is 32.2. The lowest BCUT2D eigenvalue weighted by molar-refractivity contribution is -0.140. The predicted molar refractivity (Wildman–Crippen MR) is 122 cm³/mol. The number of nitrogens with zero attached hydrogens (tertiary/aromatic N) is 1. The van der Waals surface area contributed by atoms with Crippen LogP contribution in [-0.4, -0.2) is 44.1 Å². The van der Waals surface area contributed by atoms with Gasteiger partial charge in [0.05, 0.1) is 17.6 Å². The largest absolute Gasteiger partial charge is 0.468 e. The number of esters is 2. The van der Waals surface area contributed by atoms with Crippen LogP contribution in [0.3, 0.4) is 0 Å². The molecule has 1 aliphatic heterocycles. The third kappa shape index (κ3) is 4.56. The van der Waals surface area contributed by atoms with Crippen LogP contribution in [0.2, 0.25) is 0 Å². The first kappa shape index (κ1) is 23.8. The highest BCUT2D eigenvalue weighted by Crippen LogP contribution is 2.39. The zero-order valence-corrected chi connectivity index (χ0v) is 19.1. The van der Waals surface area contributed by atoms with Crippen LogP contribution in [0.25, 0.3) is 5.76 Å². The molecule has 0 aromatic heterocycles. The molecule has 10 heteroatoms. The van der Waals surface area contributed by atoms with E-state index >= 15 is 0 Å². The predicted octanol–water partition coefficient (Wildman–Crippen LogP) is 3.41. The number of hydrogen-bond donors (Lipinski definition) is 0. The van der Waals surface area contributed by atoms with Crippen molar-refractivity contribution in [1.29, 1.82) is 0 Å². The van der Waals surface area contributed by atoms with E-state index in [9.17, 15) is 27.2 Å². The van der Waals surface area contributed by atoms with Crippen molar-refractivity contribution in [3.63, 3.8) is 0 Å². The minimum Gasteiger partial charge on any atom is -0.468 e. The number of hydrogen-bond acceptors (Lipinski definition) is 7. The normalized spacial score (nSPS) is 14.2. The summed E-state index contributed by atoms with van der Waals surface area (Å²) in [6.07, 6.45) is 0. The Bertz CT molecular complexity index is 1450. The number of benzene rings is 3. The van der Waals surface area contributed by atoms with Gasteiger partial charge in [0.25, 0.3) is 10.0 Å². The summed E-state index contributed by atoms with van der Waals surface area (Å²) in [5.74, 6) is -3.61. The molecule has 0 radical (unpaired) electrons. The van der Waals surface area contributed by atoms with Gasteiger partial charge in [0, 0.05) is 11.1 Å². The fraction of sp³-hybridized carbons (Fsp3) is 0.0800. The molecule has 0 bridgehead atoms. The second-order valence-electron chi connectivity index (χ2n) is 7.35. The van der Waals surface area contributed by atoms with Crippen LogP contribution >= 0.6 is 0 Å². The maximum absolute atomic E-state index is 13.6. The highest BCUT2D eigenvalue weighted by Gasteiger charge is 2.43. The van der Waals surface area contributed by atoms with Gasteiger partial charge in [-0.3, -0.25) is 9.59 Å². The number of Topliss-reactive ketones (excluding diaryl/α,β-unsaturated/α-hetero) is 1. The molecule has 0 aliphatic carbocycles. The number of ether oxygens (including phenoxy) is 2. The molecule has 4 rings (SSSR count). The van der Waals surface area contributed by atoms with Crippen LogP contribution in [0.5, 0.6) is 0 Å². The lowest BCUT2D eigenvalue weighted by Crippen LogP contribution is -2.42. The van der Waals surface area contributed by atoms with Crippen molar-refractivity contribution in [3.8, 4) is 0 Å². The van der Waals surface area contributed by atoms with Gasteiger partial charge in [-0.05, 0) is 36.4 Å². The maximum Gasteiger partial charge on any atom is 0.343 e. The van der Waals surface area contributed by atoms with Crippen LogP contribution < -0.4 is 0 Å². The minimum atomic E-state index is -4.42. The first-order chi connectivity index (χ1) is 16.7. The molecule has 0 saturated heterocycles. The summed E-state index contributed by atoms with van der Waals surface area (Å²) in [6, 6.07) is 17.9. The highest BCUT2D eigenvalue weighted by molar-refractivity contribution is 7.89. The van der Waals surface area contributed by atoms with Gasteiger partial charge < -0.3 is 9.47 Å². The zero-order chi connectivity index (χ0) is 25.2. The van der Waals surface area contributed by atoms with Crippen LogP contribution in [0, 0.1) is 5.82 Å². The molecule has 0 saturated carbocycles. The number of sulfonamides is 1. The van der Waals surface area contributed by atoms with E-state index in [-0.39, 0.29) is 27.3 Å². The maximum atomic E-state index is 13.6. The minimum absolute atomic E-state index is 0.0316. The SMILES string of the molecule is COC(=O)CN1C(C(=O)c2ccccc2)=C(OC(=O)c2ccc(F)cc2)c2ccccc2S1(=O)=O. The van der Waals surface area contributed by atoms with E-state index in [0.29, 0.717) is 4.31 Å². The molecule has 1 heterocycles. The Balaban J connectivity index is 1.96. The van der Waals surface area contributed by atoms with E-state index in [1.165, 1.54) is 48.5 Å². The van der Waals surface area contributed by atoms with Gasteiger partial charge in [-0.15, -0.1) is 0 Å². The third-order valence-corrected chi connectivity index (χ3v) is 6.99. The Labute approximate surface area is 200 Å². The van der Waals surface area contributed by atoms with Crippen molar-refractivity contribution in [1.82, 2.24) is 4.31 Å². The van der Waals surface area contributed by atoms with Crippen molar-refractivity contribution in [2.24, 2.45) is 0 Å². The molecule has 0 atom stereocenters. The van der Waals surface area contributed by atoms with Gasteiger partial charge >= 0.3 is 11.9 Å². The molecular weight excluding hydrogens is 477 g/mol. The van der Waals surface area contributed by atoms with E-state index in [2.05, 4.69) is 4.74 Å². The quantitative estimate of drug-likeness (QED) is 0.381. The van der Waals surface area contributed by atoms with Crippen molar-refractivity contribution < 1.29 is 36.7 Å². The summed E-state index contributed by atoms with van der Waals surface area (Å²) in [6.45, 7) is -0.835. The number of allylic oxidation sites excluding steroid dienone is 1. The van der Waals surface area contributed by atoms with Gasteiger partial charge in [-0.1, -0.05) is 42.5 Å². The molecule has 3 aromatic carbocycles. The van der Waals surface area contributed by atoms with Crippen LogP contribution in [0.4, 0.5) is 4.39 Å². The Morgan fingerprint density at radius 2 is 1.49 bits per heavy atom. The number of carbonyl (C=O) groups excluding carboxylic acids is 3. The molecule has 35 heavy (non-hydrogen) atoms. The number of fused-ring (bicyclic) bond motifs is 1. The summed E-state index contributed by atoms with van der Waals surface area (Å²) in [5, 5.41) is 0. The van der Waals surface area contributed by atoms with E-state index in [1.807, 2.05) is 0 Å². The Morgan fingerprint density at radius 3 is 2.14 bits per heavy atom. The van der Waals surface area contributed by atoms with Gasteiger partial charge in [-0.2, -0.15) is 0 Å². The van der Waals surface area contributed by atoms with Crippen molar-refractivity contribution in [2.45, 2.75) is 4.90 Å². The number of ketones is 1. The molecule has 8 nitrogen and oxygen atoms in total. The average molecular weight is 495 g/mol. The second kappa shape index (κ2) is 9.51. The molecule has 3 aromatic rings. The van der Waals surface area contributed by atoms with Crippen molar-refractivity contribution in [2.75, 3.05) is 13.7 Å². The molecular formula is C25H18FNO7S. The molecule has 0 amide bonds. The first-order valence-electron chi connectivity index (χ1n) is 10.2. The lowest BCUT2D eigenvalue weighted by atomic mass is 10.0. The number of carbonyl (C=O) groups is 3. The van der Waals surface area contributed by atoms with E-state index in [1.54, 1.807) is 18.2 Å². The molecule has 178 valence electrons. The lowest BCUT2D eigenvalue weighted by Gasteiger charge is -2.32. The summed E-state index contributed by atoms with van der Waals surface area (Å²) >= 11 is 0. The third-order valence-electron chi connectivity index (χ3n) is 5.19. The molecule has 0 fully saturated rings. The first-order valence-corrected chi connectivity index (χ1v) is 11.7. The van der Waals surface area contributed by atoms with Gasteiger partial charge in [-0.25, -0.2) is 21.9 Å². The van der Waals surface area contributed by atoms with Crippen LogP contribution in [0.1, 0.15) is 26.3 Å². The summed E-state index contributed by atoms with van der Waals surface area (Å²) in [4.78, 5) is 38.4. The summed E-state index contributed by atoms with van der Waals surface area (Å²) in [7, 11) is -3.34. The summed E-state index contributed by atoms with van der Waals surface area (Å²) < 4.78 is 51.1. The van der Waals surface area contributed by atoms with E-state index in [0.717, 1.165) is 19.2 Å². The molecule has 0 spiro atoms. The Kier molecular flexibility index (Phi) is 6.48. The van der Waals surface area contributed by atoms with E-state index < -0.39 is 45.8 Å². The fourth-order valence-electron chi connectivity index (χ4n) is 3.49. The standard InChI is InChI=1S/C25H18FNO7S/c1-33-21(28)15-27-22(23(29)16-7-3-2-4-8-16)24(19-9-5-6-10-20(19)35(27,31)32)34-25(30)17-11-13-18(26)14-12-17/h2-14H,15H2,1H3. The van der Waals surface area contributed by atoms with Gasteiger partial charge in [0.15, 0.2) is 5.76 Å². The zero-order valence-electron chi connectivity index (χ0n) is 18.3. The average Bonchev–Trinajstić information content (AvgIpc) is 2.87. The molecule has 0 N–H and O–H groups in total. The van der Waals surface area contributed by atoms with Crippen LogP contribution in [-0.2, 0) is 24.3 Å². The Hall–Kier alpha value is -4.31. The number of halogens is 1. The molecule has 1 aliphatic rings. The number of methoxy groups -OCH3 is 1. The summed E-state index contributed by atoms with van der Waals surface area (Å²) in [5.41, 5.74) is -0.503. The van der Waals surface area contributed by atoms with Gasteiger partial charge in [0.1, 0.15) is 18.1 Å². The smallest absolute Gasteiger partial charge is 0.343 e. The van der Waals surface area contributed by atoms with Crippen molar-refractivity contribution >= 4 is 33.5 Å². The van der Waals surface area contributed by atoms with Crippen LogP contribution in [0.15, 0.2) is 89.5 Å². The fourth-order valence-corrected chi connectivity index (χ4v) is 5.10.